The number of nitrogens with one attached hydrogen (secondary N) is 1. The van der Waals surface area contributed by atoms with Crippen LogP contribution in [0.15, 0.2) is 48.5 Å². The van der Waals surface area contributed by atoms with Crippen molar-refractivity contribution in [1.82, 2.24) is 19.7 Å². The number of aryl methyl sites for hydroxylation is 2. The highest BCUT2D eigenvalue weighted by molar-refractivity contribution is 7.16. The lowest BCUT2D eigenvalue weighted by Crippen LogP contribution is -2.13. The van der Waals surface area contributed by atoms with Crippen molar-refractivity contribution in [3.05, 3.63) is 81.1 Å². The smallest absolute Gasteiger partial charge is 0.262 e. The number of nitrogens with zero attached hydrogens (tertiary/aromatic N) is 5. The van der Waals surface area contributed by atoms with Gasteiger partial charge in [-0.25, -0.2) is 9.67 Å². The van der Waals surface area contributed by atoms with Gasteiger partial charge in [0.2, 0.25) is 0 Å². The molecule has 1 amide bonds. The van der Waals surface area contributed by atoms with Gasteiger partial charge in [-0.05, 0) is 31.5 Å². The highest BCUT2D eigenvalue weighted by Crippen LogP contribution is 2.30. The summed E-state index contributed by atoms with van der Waals surface area (Å²) >= 11 is 7.57. The summed E-state index contributed by atoms with van der Waals surface area (Å²) in [5.74, 6) is -0.427. The van der Waals surface area contributed by atoms with Crippen molar-refractivity contribution >= 4 is 34.0 Å². The van der Waals surface area contributed by atoms with Crippen LogP contribution in [0.5, 0.6) is 0 Å². The molecule has 0 radical (unpaired) electrons. The zero-order valence-electron chi connectivity index (χ0n) is 16.8. The van der Waals surface area contributed by atoms with Gasteiger partial charge in [-0.3, -0.25) is 15.1 Å². The van der Waals surface area contributed by atoms with E-state index in [2.05, 4.69) is 26.5 Å². The maximum Gasteiger partial charge on any atom is 0.262 e. The average molecular weight is 449 g/mol. The molecule has 1 N–H and O–H groups in total. The standard InChI is InChI=1S/C22H17ClN6OS/c1-13-7-6-10-16(25-13)19-17(11-24)31-22(26-19)27-21(30)18-14(2)28-29(20(18)23)12-15-8-4-3-5-9-15/h3-10H,12H2,1-2H3,(H,26,27,30). The quantitative estimate of drug-likeness (QED) is 0.471. The van der Waals surface area contributed by atoms with E-state index in [-0.39, 0.29) is 10.7 Å². The van der Waals surface area contributed by atoms with Gasteiger partial charge in [0.15, 0.2) is 5.13 Å². The van der Waals surface area contributed by atoms with Crippen LogP contribution in [-0.4, -0.2) is 25.7 Å². The number of pyridine rings is 1. The molecule has 0 aliphatic heterocycles. The number of amides is 1. The predicted octanol–water partition coefficient (Wildman–Crippen LogP) is 4.84. The summed E-state index contributed by atoms with van der Waals surface area (Å²) < 4.78 is 1.59. The average Bonchev–Trinajstić information content (AvgIpc) is 3.28. The second-order valence-electron chi connectivity index (χ2n) is 6.82. The molecule has 31 heavy (non-hydrogen) atoms. The molecular formula is C22H17ClN6OS. The Bertz CT molecular complexity index is 1310. The normalized spacial score (nSPS) is 10.6. The van der Waals surface area contributed by atoms with Crippen LogP contribution >= 0.6 is 22.9 Å². The van der Waals surface area contributed by atoms with Gasteiger partial charge in [-0.1, -0.05) is 59.3 Å². The fourth-order valence-corrected chi connectivity index (χ4v) is 4.22. The van der Waals surface area contributed by atoms with E-state index in [1.807, 2.05) is 49.4 Å². The molecular weight excluding hydrogens is 432 g/mol. The van der Waals surface area contributed by atoms with Crippen LogP contribution in [0.2, 0.25) is 5.15 Å². The van der Waals surface area contributed by atoms with Gasteiger partial charge < -0.3 is 0 Å². The molecule has 0 saturated heterocycles. The molecule has 0 fully saturated rings. The summed E-state index contributed by atoms with van der Waals surface area (Å²) in [5.41, 5.74) is 3.64. The zero-order chi connectivity index (χ0) is 22.0. The van der Waals surface area contributed by atoms with E-state index in [1.165, 1.54) is 0 Å². The molecule has 9 heteroatoms. The van der Waals surface area contributed by atoms with Gasteiger partial charge >= 0.3 is 0 Å². The topological polar surface area (TPSA) is 96.5 Å². The number of hydrogen-bond donors (Lipinski definition) is 1. The maximum absolute atomic E-state index is 12.9. The SMILES string of the molecule is Cc1cccc(-c2nc(NC(=O)c3c(C)nn(Cc4ccccc4)c3Cl)sc2C#N)n1. The number of thiazole rings is 1. The highest BCUT2D eigenvalue weighted by Gasteiger charge is 2.23. The molecule has 4 aromatic rings. The second kappa shape index (κ2) is 8.68. The largest absolute Gasteiger partial charge is 0.298 e. The molecule has 4 rings (SSSR count). The van der Waals surface area contributed by atoms with Crippen molar-refractivity contribution in [2.75, 3.05) is 5.32 Å². The molecule has 1 aromatic carbocycles. The molecule has 0 saturated carbocycles. The Hall–Kier alpha value is -3.54. The van der Waals surface area contributed by atoms with Crippen LogP contribution in [0.1, 0.15) is 32.2 Å². The number of carbonyl (C=O) groups excluding carboxylic acids is 1. The Labute approximate surface area is 188 Å². The third-order valence-corrected chi connectivity index (χ3v) is 5.81. The first kappa shape index (κ1) is 20.7. The number of benzene rings is 1. The van der Waals surface area contributed by atoms with Crippen LogP contribution in [0, 0.1) is 25.2 Å². The minimum absolute atomic E-state index is 0.247. The summed E-state index contributed by atoms with van der Waals surface area (Å²) in [5, 5.41) is 17.2. The fourth-order valence-electron chi connectivity index (χ4n) is 3.13. The van der Waals surface area contributed by atoms with Crippen LogP contribution in [0.3, 0.4) is 0 Å². The van der Waals surface area contributed by atoms with Crippen molar-refractivity contribution in [3.63, 3.8) is 0 Å². The van der Waals surface area contributed by atoms with Crippen LogP contribution in [0.4, 0.5) is 5.13 Å². The number of hydrogen-bond acceptors (Lipinski definition) is 6. The van der Waals surface area contributed by atoms with E-state index in [0.717, 1.165) is 22.6 Å². The number of rotatable bonds is 5. The Morgan fingerprint density at radius 3 is 2.65 bits per heavy atom. The molecule has 0 atom stereocenters. The number of nitriles is 1. The summed E-state index contributed by atoms with van der Waals surface area (Å²) in [4.78, 5) is 22.2. The number of aromatic nitrogens is 4. The minimum atomic E-state index is -0.427. The summed E-state index contributed by atoms with van der Waals surface area (Å²) in [6, 6.07) is 17.3. The van der Waals surface area contributed by atoms with Crippen molar-refractivity contribution in [2.45, 2.75) is 20.4 Å². The van der Waals surface area contributed by atoms with Gasteiger partial charge in [0, 0.05) is 5.69 Å². The summed E-state index contributed by atoms with van der Waals surface area (Å²) in [6.07, 6.45) is 0. The van der Waals surface area contributed by atoms with Crippen LogP contribution < -0.4 is 5.32 Å². The molecule has 0 unspecified atom stereocenters. The molecule has 0 bridgehead atoms. The van der Waals surface area contributed by atoms with E-state index < -0.39 is 5.91 Å². The van der Waals surface area contributed by atoms with E-state index in [4.69, 9.17) is 11.6 Å². The fraction of sp³-hybridized carbons (Fsp3) is 0.136. The van der Waals surface area contributed by atoms with Crippen molar-refractivity contribution in [2.24, 2.45) is 0 Å². The first-order valence-electron chi connectivity index (χ1n) is 9.39. The van der Waals surface area contributed by atoms with Gasteiger partial charge in [-0.15, -0.1) is 0 Å². The third kappa shape index (κ3) is 4.33. The van der Waals surface area contributed by atoms with Gasteiger partial charge in [0.05, 0.1) is 23.5 Å². The molecule has 154 valence electrons. The number of carbonyl (C=O) groups is 1. The minimum Gasteiger partial charge on any atom is -0.298 e. The molecule has 0 aliphatic carbocycles. The molecule has 3 heterocycles. The highest BCUT2D eigenvalue weighted by atomic mass is 35.5. The van der Waals surface area contributed by atoms with E-state index in [9.17, 15) is 10.1 Å². The second-order valence-corrected chi connectivity index (χ2v) is 8.18. The van der Waals surface area contributed by atoms with E-state index in [0.29, 0.717) is 33.6 Å². The van der Waals surface area contributed by atoms with Gasteiger partial charge in [0.1, 0.15) is 21.8 Å². The van der Waals surface area contributed by atoms with Crippen LogP contribution in [-0.2, 0) is 6.54 Å². The van der Waals surface area contributed by atoms with Crippen molar-refractivity contribution in [3.8, 4) is 17.5 Å². The maximum atomic E-state index is 12.9. The lowest BCUT2D eigenvalue weighted by atomic mass is 10.2. The van der Waals surface area contributed by atoms with E-state index >= 15 is 0 Å². The monoisotopic (exact) mass is 448 g/mol. The Balaban J connectivity index is 1.60. The van der Waals surface area contributed by atoms with Crippen molar-refractivity contribution < 1.29 is 4.79 Å². The zero-order valence-corrected chi connectivity index (χ0v) is 18.3. The van der Waals surface area contributed by atoms with E-state index in [1.54, 1.807) is 17.7 Å². The predicted molar refractivity (Wildman–Crippen MR) is 120 cm³/mol. The Kier molecular flexibility index (Phi) is 5.80. The van der Waals surface area contributed by atoms with Gasteiger partial charge in [0.25, 0.3) is 5.91 Å². The first-order valence-corrected chi connectivity index (χ1v) is 10.6. The lowest BCUT2D eigenvalue weighted by Gasteiger charge is -2.04. The van der Waals surface area contributed by atoms with Crippen molar-refractivity contribution in [1.29, 1.82) is 5.26 Å². The third-order valence-electron chi connectivity index (χ3n) is 4.55. The molecule has 3 aromatic heterocycles. The summed E-state index contributed by atoms with van der Waals surface area (Å²) in [7, 11) is 0. The Morgan fingerprint density at radius 2 is 1.94 bits per heavy atom. The lowest BCUT2D eigenvalue weighted by molar-refractivity contribution is 0.102. The summed E-state index contributed by atoms with van der Waals surface area (Å²) in [6.45, 7) is 4.04. The van der Waals surface area contributed by atoms with Crippen LogP contribution in [0.25, 0.3) is 11.4 Å². The molecule has 0 spiro atoms. The molecule has 0 aliphatic rings. The number of anilines is 1. The first-order chi connectivity index (χ1) is 15.0. The molecule has 7 nitrogen and oxygen atoms in total. The Morgan fingerprint density at radius 1 is 1.16 bits per heavy atom. The number of halogens is 1. The van der Waals surface area contributed by atoms with Gasteiger partial charge in [-0.2, -0.15) is 10.4 Å².